The third-order valence-corrected chi connectivity index (χ3v) is 6.02. The van der Waals surface area contributed by atoms with Gasteiger partial charge in [0.15, 0.2) is 0 Å². The largest absolute Gasteiger partial charge is 0.370 e. The van der Waals surface area contributed by atoms with E-state index in [-0.39, 0.29) is 30.0 Å². The van der Waals surface area contributed by atoms with Gasteiger partial charge in [-0.05, 0) is 30.2 Å². The van der Waals surface area contributed by atoms with Crippen molar-refractivity contribution in [2.24, 2.45) is 5.92 Å². The molecule has 2 aromatic rings. The molecular weight excluding hydrogens is 374 g/mol. The molecule has 4 unspecified atom stereocenters. The number of carbonyl (C=O) groups excluding carboxylic acids is 1. The summed E-state index contributed by atoms with van der Waals surface area (Å²) in [5.41, 5.74) is 8.91. The molecule has 2 fully saturated rings. The summed E-state index contributed by atoms with van der Waals surface area (Å²) < 4.78 is 5.91. The van der Waals surface area contributed by atoms with Gasteiger partial charge in [0.05, 0.1) is 19.2 Å². The zero-order valence-corrected chi connectivity index (χ0v) is 16.7. The number of carbonyl (C=O) groups is 1. The molecule has 6 heteroatoms. The van der Waals surface area contributed by atoms with Gasteiger partial charge in [0.2, 0.25) is 5.91 Å². The SMILES string of the molecule is CC1NNC(c2ccc(Cl)cc2)C1CC(=O)N1CCOC(c2ccccc2)C1. The maximum atomic E-state index is 13.1. The fourth-order valence-corrected chi connectivity index (χ4v) is 4.22. The molecule has 1 amide bonds. The first-order valence-corrected chi connectivity index (χ1v) is 10.2. The highest BCUT2D eigenvalue weighted by Crippen LogP contribution is 2.33. The minimum atomic E-state index is -0.0526. The highest BCUT2D eigenvalue weighted by molar-refractivity contribution is 6.30. The fraction of sp³-hybridized carbons (Fsp3) is 0.409. The normalized spacial score (nSPS) is 27.7. The first-order valence-electron chi connectivity index (χ1n) is 9.82. The van der Waals surface area contributed by atoms with Crippen LogP contribution in [0, 0.1) is 5.92 Å². The minimum Gasteiger partial charge on any atom is -0.370 e. The molecular formula is C22H26ClN3O2. The molecule has 0 aliphatic carbocycles. The highest BCUT2D eigenvalue weighted by Gasteiger charge is 2.37. The molecule has 2 heterocycles. The van der Waals surface area contributed by atoms with Gasteiger partial charge in [-0.1, -0.05) is 54.1 Å². The lowest BCUT2D eigenvalue weighted by Crippen LogP contribution is -2.43. The van der Waals surface area contributed by atoms with E-state index in [2.05, 4.69) is 29.9 Å². The van der Waals surface area contributed by atoms with Crippen molar-refractivity contribution < 1.29 is 9.53 Å². The van der Waals surface area contributed by atoms with E-state index in [1.807, 2.05) is 47.4 Å². The first kappa shape index (κ1) is 19.4. The van der Waals surface area contributed by atoms with E-state index in [9.17, 15) is 4.79 Å². The summed E-state index contributed by atoms with van der Waals surface area (Å²) in [6.45, 7) is 3.95. The predicted molar refractivity (Wildman–Crippen MR) is 110 cm³/mol. The molecule has 2 saturated heterocycles. The van der Waals surface area contributed by atoms with Crippen LogP contribution in [0.25, 0.3) is 0 Å². The van der Waals surface area contributed by atoms with E-state index >= 15 is 0 Å². The number of hydrogen-bond acceptors (Lipinski definition) is 4. The Morgan fingerprint density at radius 3 is 2.61 bits per heavy atom. The van der Waals surface area contributed by atoms with Crippen molar-refractivity contribution in [3.05, 3.63) is 70.7 Å². The molecule has 2 aliphatic rings. The summed E-state index contributed by atoms with van der Waals surface area (Å²) in [6.07, 6.45) is 0.443. The lowest BCUT2D eigenvalue weighted by molar-refractivity contribution is -0.140. The van der Waals surface area contributed by atoms with Crippen molar-refractivity contribution in [3.8, 4) is 0 Å². The summed E-state index contributed by atoms with van der Waals surface area (Å²) in [5, 5.41) is 0.718. The van der Waals surface area contributed by atoms with Gasteiger partial charge in [0.1, 0.15) is 6.10 Å². The first-order chi connectivity index (χ1) is 13.6. The number of nitrogens with one attached hydrogen (secondary N) is 2. The van der Waals surface area contributed by atoms with Crippen molar-refractivity contribution in [1.82, 2.24) is 15.8 Å². The summed E-state index contributed by atoms with van der Waals surface area (Å²) >= 11 is 6.02. The summed E-state index contributed by atoms with van der Waals surface area (Å²) in [7, 11) is 0. The topological polar surface area (TPSA) is 53.6 Å². The van der Waals surface area contributed by atoms with Gasteiger partial charge in [-0.25, -0.2) is 5.43 Å². The summed E-state index contributed by atoms with van der Waals surface area (Å²) in [5.74, 6) is 0.359. The van der Waals surface area contributed by atoms with Gasteiger partial charge >= 0.3 is 0 Å². The van der Waals surface area contributed by atoms with Gasteiger partial charge in [-0.3, -0.25) is 10.2 Å². The van der Waals surface area contributed by atoms with Crippen molar-refractivity contribution in [2.75, 3.05) is 19.7 Å². The number of ether oxygens (including phenoxy) is 1. The zero-order valence-electron chi connectivity index (χ0n) is 16.0. The van der Waals surface area contributed by atoms with E-state index in [4.69, 9.17) is 16.3 Å². The number of nitrogens with zero attached hydrogens (tertiary/aromatic N) is 1. The number of amides is 1. The van der Waals surface area contributed by atoms with Gasteiger partial charge < -0.3 is 9.64 Å². The predicted octanol–water partition coefficient (Wildman–Crippen LogP) is 3.48. The average Bonchev–Trinajstić information content (AvgIpc) is 3.09. The molecule has 5 nitrogen and oxygen atoms in total. The Bertz CT molecular complexity index is 799. The fourth-order valence-electron chi connectivity index (χ4n) is 4.10. The van der Waals surface area contributed by atoms with E-state index in [1.54, 1.807) is 0 Å². The molecule has 4 rings (SSSR count). The highest BCUT2D eigenvalue weighted by atomic mass is 35.5. The van der Waals surface area contributed by atoms with Gasteiger partial charge in [-0.15, -0.1) is 0 Å². The van der Waals surface area contributed by atoms with Crippen molar-refractivity contribution in [1.29, 1.82) is 0 Å². The third kappa shape index (κ3) is 4.23. The van der Waals surface area contributed by atoms with Crippen molar-refractivity contribution in [2.45, 2.75) is 31.5 Å². The van der Waals surface area contributed by atoms with E-state index in [1.165, 1.54) is 0 Å². The molecule has 0 bridgehead atoms. The molecule has 0 aromatic heterocycles. The van der Waals surface area contributed by atoms with Crippen LogP contribution >= 0.6 is 11.6 Å². The summed E-state index contributed by atoms with van der Waals surface area (Å²) in [6, 6.07) is 18.3. The van der Waals surface area contributed by atoms with Crippen LogP contribution in [0.5, 0.6) is 0 Å². The summed E-state index contributed by atoms with van der Waals surface area (Å²) in [4.78, 5) is 15.1. The van der Waals surface area contributed by atoms with E-state index in [0.29, 0.717) is 26.1 Å². The van der Waals surface area contributed by atoms with Crippen LogP contribution < -0.4 is 10.9 Å². The van der Waals surface area contributed by atoms with Crippen LogP contribution in [0.2, 0.25) is 5.02 Å². The molecule has 0 radical (unpaired) electrons. The van der Waals surface area contributed by atoms with Crippen LogP contribution in [-0.2, 0) is 9.53 Å². The molecule has 0 spiro atoms. The molecule has 4 atom stereocenters. The Morgan fingerprint density at radius 2 is 1.86 bits per heavy atom. The lowest BCUT2D eigenvalue weighted by atomic mass is 9.87. The number of hydrogen-bond donors (Lipinski definition) is 2. The number of halogens is 1. The van der Waals surface area contributed by atoms with E-state index in [0.717, 1.165) is 16.1 Å². The Labute approximate surface area is 171 Å². The second kappa shape index (κ2) is 8.62. The molecule has 2 aromatic carbocycles. The Hall–Kier alpha value is -1.92. The van der Waals surface area contributed by atoms with Crippen LogP contribution in [0.4, 0.5) is 0 Å². The van der Waals surface area contributed by atoms with E-state index < -0.39 is 0 Å². The van der Waals surface area contributed by atoms with Gasteiger partial charge in [-0.2, -0.15) is 0 Å². The van der Waals surface area contributed by atoms with Crippen LogP contribution in [0.15, 0.2) is 54.6 Å². The third-order valence-electron chi connectivity index (χ3n) is 5.77. The molecule has 28 heavy (non-hydrogen) atoms. The number of hydrazine groups is 1. The average molecular weight is 400 g/mol. The van der Waals surface area contributed by atoms with Crippen molar-refractivity contribution >= 4 is 17.5 Å². The molecule has 2 N–H and O–H groups in total. The maximum absolute atomic E-state index is 13.1. The van der Waals surface area contributed by atoms with Crippen molar-refractivity contribution in [3.63, 3.8) is 0 Å². The maximum Gasteiger partial charge on any atom is 0.223 e. The Balaban J connectivity index is 1.43. The monoisotopic (exact) mass is 399 g/mol. The van der Waals surface area contributed by atoms with Gasteiger partial charge in [0.25, 0.3) is 0 Å². The van der Waals surface area contributed by atoms with Crippen LogP contribution in [-0.4, -0.2) is 36.5 Å². The quantitative estimate of drug-likeness (QED) is 0.826. The lowest BCUT2D eigenvalue weighted by Gasteiger charge is -2.34. The second-order valence-corrected chi connectivity index (χ2v) is 8.02. The molecule has 0 saturated carbocycles. The van der Waals surface area contributed by atoms with Crippen LogP contribution in [0.3, 0.4) is 0 Å². The minimum absolute atomic E-state index is 0.0526. The van der Waals surface area contributed by atoms with Gasteiger partial charge in [0, 0.05) is 29.9 Å². The Kier molecular flexibility index (Phi) is 5.97. The number of benzene rings is 2. The van der Waals surface area contributed by atoms with Crippen LogP contribution in [0.1, 0.15) is 36.6 Å². The number of rotatable bonds is 4. The Morgan fingerprint density at radius 1 is 1.11 bits per heavy atom. The smallest absolute Gasteiger partial charge is 0.223 e. The zero-order chi connectivity index (χ0) is 19.5. The second-order valence-electron chi connectivity index (χ2n) is 7.58. The molecule has 2 aliphatic heterocycles. The standard InChI is InChI=1S/C22H26ClN3O2/c1-15-19(22(25-24-15)17-7-9-18(23)10-8-17)13-21(27)26-11-12-28-20(14-26)16-5-3-2-4-6-16/h2-10,15,19-20,22,24-25H,11-14H2,1H3. The number of morpholine rings is 1. The molecule has 148 valence electrons.